The molecular formula is C16H26N2O. The van der Waals surface area contributed by atoms with Crippen LogP contribution in [0.1, 0.15) is 24.0 Å². The van der Waals surface area contributed by atoms with Gasteiger partial charge in [0, 0.05) is 20.2 Å². The molecule has 2 rings (SSSR count). The van der Waals surface area contributed by atoms with Crippen LogP contribution in [0.3, 0.4) is 0 Å². The fourth-order valence-corrected chi connectivity index (χ4v) is 2.99. The molecule has 1 aromatic rings. The Morgan fingerprint density at radius 1 is 1.37 bits per heavy atom. The SMILES string of the molecule is CNCC1CCCN(Cc2cccc(COC)c2)C1. The van der Waals surface area contributed by atoms with Crippen molar-refractivity contribution >= 4 is 0 Å². The van der Waals surface area contributed by atoms with Crippen molar-refractivity contribution in [2.75, 3.05) is 33.8 Å². The Morgan fingerprint density at radius 2 is 2.21 bits per heavy atom. The first kappa shape index (κ1) is 14.5. The fourth-order valence-electron chi connectivity index (χ4n) is 2.99. The van der Waals surface area contributed by atoms with Gasteiger partial charge in [-0.1, -0.05) is 24.3 Å². The van der Waals surface area contributed by atoms with Crippen LogP contribution in [0.4, 0.5) is 0 Å². The number of benzene rings is 1. The van der Waals surface area contributed by atoms with E-state index in [2.05, 4.69) is 34.5 Å². The van der Waals surface area contributed by atoms with Gasteiger partial charge < -0.3 is 10.1 Å². The van der Waals surface area contributed by atoms with Crippen molar-refractivity contribution in [2.45, 2.75) is 26.0 Å². The average Bonchev–Trinajstić information content (AvgIpc) is 2.40. The Kier molecular flexibility index (Phi) is 5.83. The molecule has 3 heteroatoms. The van der Waals surface area contributed by atoms with Gasteiger partial charge in [-0.3, -0.25) is 4.90 Å². The lowest BCUT2D eigenvalue weighted by molar-refractivity contribution is 0.166. The molecule has 1 aliphatic rings. The van der Waals surface area contributed by atoms with Crippen molar-refractivity contribution < 1.29 is 4.74 Å². The van der Waals surface area contributed by atoms with Gasteiger partial charge in [0.1, 0.15) is 0 Å². The van der Waals surface area contributed by atoms with Gasteiger partial charge in [-0.05, 0) is 50.0 Å². The molecule has 0 saturated carbocycles. The van der Waals surface area contributed by atoms with Crippen molar-refractivity contribution in [1.82, 2.24) is 10.2 Å². The van der Waals surface area contributed by atoms with Crippen LogP contribution in [0.5, 0.6) is 0 Å². The van der Waals surface area contributed by atoms with Crippen molar-refractivity contribution in [3.63, 3.8) is 0 Å². The summed E-state index contributed by atoms with van der Waals surface area (Å²) in [6.07, 6.45) is 2.69. The number of rotatable bonds is 6. The van der Waals surface area contributed by atoms with Gasteiger partial charge in [0.15, 0.2) is 0 Å². The molecule has 0 aliphatic carbocycles. The fraction of sp³-hybridized carbons (Fsp3) is 0.625. The number of nitrogens with zero attached hydrogens (tertiary/aromatic N) is 1. The van der Waals surface area contributed by atoms with Crippen LogP contribution >= 0.6 is 0 Å². The van der Waals surface area contributed by atoms with Crippen molar-refractivity contribution in [3.05, 3.63) is 35.4 Å². The second-order valence-electron chi connectivity index (χ2n) is 5.55. The first-order valence-corrected chi connectivity index (χ1v) is 7.25. The Bertz CT molecular complexity index is 379. The Balaban J connectivity index is 1.90. The van der Waals surface area contributed by atoms with E-state index in [1.807, 2.05) is 7.05 Å². The molecule has 0 amide bonds. The van der Waals surface area contributed by atoms with Crippen LogP contribution in [0.2, 0.25) is 0 Å². The second-order valence-corrected chi connectivity index (χ2v) is 5.55. The van der Waals surface area contributed by atoms with E-state index in [1.165, 1.54) is 37.1 Å². The molecule has 0 bridgehead atoms. The van der Waals surface area contributed by atoms with E-state index in [9.17, 15) is 0 Å². The van der Waals surface area contributed by atoms with Crippen LogP contribution in [0, 0.1) is 5.92 Å². The summed E-state index contributed by atoms with van der Waals surface area (Å²) in [5, 5.41) is 3.30. The number of piperidine rings is 1. The molecule has 1 fully saturated rings. The molecule has 1 aliphatic heterocycles. The third-order valence-corrected chi connectivity index (χ3v) is 3.80. The summed E-state index contributed by atoms with van der Waals surface area (Å²) < 4.78 is 5.20. The normalized spacial score (nSPS) is 20.6. The summed E-state index contributed by atoms with van der Waals surface area (Å²) in [5.41, 5.74) is 2.67. The lowest BCUT2D eigenvalue weighted by Gasteiger charge is -2.32. The molecular weight excluding hydrogens is 236 g/mol. The maximum absolute atomic E-state index is 5.20. The summed E-state index contributed by atoms with van der Waals surface area (Å²) in [4.78, 5) is 2.58. The van der Waals surface area contributed by atoms with Gasteiger partial charge in [0.05, 0.1) is 6.61 Å². The zero-order chi connectivity index (χ0) is 13.5. The van der Waals surface area contributed by atoms with Crippen LogP contribution in [-0.4, -0.2) is 38.7 Å². The van der Waals surface area contributed by atoms with Crippen LogP contribution < -0.4 is 5.32 Å². The predicted octanol–water partition coefficient (Wildman–Crippen LogP) is 2.26. The largest absolute Gasteiger partial charge is 0.380 e. The molecule has 0 spiro atoms. The summed E-state index contributed by atoms with van der Waals surface area (Å²) in [7, 11) is 3.80. The van der Waals surface area contributed by atoms with Crippen molar-refractivity contribution in [3.8, 4) is 0 Å². The highest BCUT2D eigenvalue weighted by Crippen LogP contribution is 2.18. The Morgan fingerprint density at radius 3 is 3.00 bits per heavy atom. The number of hydrogen-bond acceptors (Lipinski definition) is 3. The monoisotopic (exact) mass is 262 g/mol. The van der Waals surface area contributed by atoms with Gasteiger partial charge in [-0.2, -0.15) is 0 Å². The van der Waals surface area contributed by atoms with Crippen LogP contribution in [0.25, 0.3) is 0 Å². The summed E-state index contributed by atoms with van der Waals surface area (Å²) in [6, 6.07) is 8.76. The molecule has 1 atom stereocenters. The second kappa shape index (κ2) is 7.63. The Labute approximate surface area is 116 Å². The minimum Gasteiger partial charge on any atom is -0.380 e. The van der Waals surface area contributed by atoms with Crippen molar-refractivity contribution in [1.29, 1.82) is 0 Å². The third-order valence-electron chi connectivity index (χ3n) is 3.80. The molecule has 0 radical (unpaired) electrons. The lowest BCUT2D eigenvalue weighted by atomic mass is 9.97. The molecule has 0 aromatic heterocycles. The summed E-state index contributed by atoms with van der Waals surface area (Å²) >= 11 is 0. The van der Waals surface area contributed by atoms with E-state index in [0.717, 1.165) is 19.0 Å². The molecule has 1 N–H and O–H groups in total. The highest BCUT2D eigenvalue weighted by atomic mass is 16.5. The number of hydrogen-bond donors (Lipinski definition) is 1. The first-order chi connectivity index (χ1) is 9.31. The maximum atomic E-state index is 5.20. The van der Waals surface area contributed by atoms with Gasteiger partial charge in [0.25, 0.3) is 0 Å². The predicted molar refractivity (Wildman–Crippen MR) is 79.1 cm³/mol. The van der Waals surface area contributed by atoms with Gasteiger partial charge >= 0.3 is 0 Å². The average molecular weight is 262 g/mol. The van der Waals surface area contributed by atoms with E-state index < -0.39 is 0 Å². The van der Waals surface area contributed by atoms with E-state index in [1.54, 1.807) is 7.11 Å². The van der Waals surface area contributed by atoms with Crippen LogP contribution in [0.15, 0.2) is 24.3 Å². The maximum Gasteiger partial charge on any atom is 0.0713 e. The number of likely N-dealkylation sites (tertiary alicyclic amines) is 1. The summed E-state index contributed by atoms with van der Waals surface area (Å²) in [5.74, 6) is 0.806. The smallest absolute Gasteiger partial charge is 0.0713 e. The molecule has 106 valence electrons. The first-order valence-electron chi connectivity index (χ1n) is 7.25. The third kappa shape index (κ3) is 4.60. The standard InChI is InChI=1S/C16H26N2O/c1-17-10-16-7-4-8-18(12-16)11-14-5-3-6-15(9-14)13-19-2/h3,5-6,9,16-17H,4,7-8,10-13H2,1-2H3. The van der Waals surface area contributed by atoms with E-state index in [-0.39, 0.29) is 0 Å². The molecule has 3 nitrogen and oxygen atoms in total. The molecule has 1 unspecified atom stereocenters. The molecule has 19 heavy (non-hydrogen) atoms. The van der Waals surface area contributed by atoms with Gasteiger partial charge in [-0.25, -0.2) is 0 Å². The zero-order valence-corrected chi connectivity index (χ0v) is 12.2. The number of ether oxygens (including phenoxy) is 1. The quantitative estimate of drug-likeness (QED) is 0.851. The molecule has 1 heterocycles. The molecule has 1 aromatic carbocycles. The summed E-state index contributed by atoms with van der Waals surface area (Å²) in [6.45, 7) is 5.36. The minimum absolute atomic E-state index is 0.705. The molecule has 1 saturated heterocycles. The van der Waals surface area contributed by atoms with Gasteiger partial charge in [-0.15, -0.1) is 0 Å². The van der Waals surface area contributed by atoms with E-state index in [0.29, 0.717) is 6.61 Å². The van der Waals surface area contributed by atoms with Crippen molar-refractivity contribution in [2.24, 2.45) is 5.92 Å². The Hall–Kier alpha value is -0.900. The van der Waals surface area contributed by atoms with Crippen LogP contribution in [-0.2, 0) is 17.9 Å². The lowest BCUT2D eigenvalue weighted by Crippen LogP contribution is -2.38. The highest BCUT2D eigenvalue weighted by molar-refractivity contribution is 5.23. The zero-order valence-electron chi connectivity index (χ0n) is 12.2. The number of nitrogens with one attached hydrogen (secondary N) is 1. The van der Waals surface area contributed by atoms with Gasteiger partial charge in [0.2, 0.25) is 0 Å². The highest BCUT2D eigenvalue weighted by Gasteiger charge is 2.19. The minimum atomic E-state index is 0.705. The number of methoxy groups -OCH3 is 1. The van der Waals surface area contributed by atoms with E-state index >= 15 is 0 Å². The van der Waals surface area contributed by atoms with E-state index in [4.69, 9.17) is 4.74 Å². The topological polar surface area (TPSA) is 24.5 Å².